The Hall–Kier alpha value is -0.300. The molecule has 126 valence electrons. The normalized spacial score (nSPS) is 11.8. The highest BCUT2D eigenvalue weighted by Crippen LogP contribution is 2.11. The Bertz CT molecular complexity index is 206. The van der Waals surface area contributed by atoms with Gasteiger partial charge in [0.2, 0.25) is 0 Å². The van der Waals surface area contributed by atoms with Gasteiger partial charge < -0.3 is 4.90 Å². The lowest BCUT2D eigenvalue weighted by molar-refractivity contribution is 0.310. The van der Waals surface area contributed by atoms with Crippen LogP contribution in [0.5, 0.6) is 0 Å². The summed E-state index contributed by atoms with van der Waals surface area (Å²) in [6.45, 7) is 10.4. The van der Waals surface area contributed by atoms with Crippen molar-refractivity contribution in [3.8, 4) is 0 Å². The summed E-state index contributed by atoms with van der Waals surface area (Å²) in [6, 6.07) is 0. The number of nitrogens with zero attached hydrogens (tertiary/aromatic N) is 1. The summed E-state index contributed by atoms with van der Waals surface area (Å²) < 4.78 is 0. The summed E-state index contributed by atoms with van der Waals surface area (Å²) in [6.07, 6.45) is 21.6. The lowest BCUT2D eigenvalue weighted by Gasteiger charge is -2.16. The van der Waals surface area contributed by atoms with Gasteiger partial charge in [-0.3, -0.25) is 0 Å². The van der Waals surface area contributed by atoms with Crippen molar-refractivity contribution in [3.05, 3.63) is 12.2 Å². The van der Waals surface area contributed by atoms with Crippen molar-refractivity contribution in [1.29, 1.82) is 0 Å². The minimum Gasteiger partial charge on any atom is -0.304 e. The molecular formula is C20H41N. The van der Waals surface area contributed by atoms with Gasteiger partial charge in [-0.2, -0.15) is 0 Å². The van der Waals surface area contributed by atoms with E-state index in [0.717, 1.165) is 0 Å². The van der Waals surface area contributed by atoms with Gasteiger partial charge in [-0.15, -0.1) is 0 Å². The van der Waals surface area contributed by atoms with E-state index in [4.69, 9.17) is 0 Å². The predicted molar refractivity (Wildman–Crippen MR) is 98.0 cm³/mol. The van der Waals surface area contributed by atoms with E-state index in [0.29, 0.717) is 0 Å². The molecule has 0 saturated heterocycles. The van der Waals surface area contributed by atoms with Crippen LogP contribution in [0.1, 0.15) is 97.8 Å². The van der Waals surface area contributed by atoms with Crippen LogP contribution >= 0.6 is 0 Å². The monoisotopic (exact) mass is 295 g/mol. The first kappa shape index (κ1) is 20.7. The third-order valence-electron chi connectivity index (χ3n) is 4.40. The molecule has 0 unspecified atom stereocenters. The average Bonchev–Trinajstić information content (AvgIpc) is 2.51. The fraction of sp³-hybridized carbons (Fsp3) is 0.900. The number of rotatable bonds is 16. The van der Waals surface area contributed by atoms with Crippen molar-refractivity contribution in [2.45, 2.75) is 97.8 Å². The topological polar surface area (TPSA) is 3.24 Å². The Balaban J connectivity index is 3.14. The molecule has 0 radical (unpaired) electrons. The van der Waals surface area contributed by atoms with Crippen molar-refractivity contribution >= 4 is 0 Å². The van der Waals surface area contributed by atoms with Gasteiger partial charge in [0.25, 0.3) is 0 Å². The second kappa shape index (κ2) is 17.8. The summed E-state index contributed by atoms with van der Waals surface area (Å²) in [5, 5.41) is 0. The summed E-state index contributed by atoms with van der Waals surface area (Å²) in [4.78, 5) is 2.49. The van der Waals surface area contributed by atoms with Gasteiger partial charge in [-0.25, -0.2) is 0 Å². The zero-order valence-corrected chi connectivity index (χ0v) is 15.2. The molecule has 0 aliphatic rings. The molecule has 0 aliphatic heterocycles. The summed E-state index contributed by atoms with van der Waals surface area (Å²) in [7, 11) is 0. The number of unbranched alkanes of at least 4 members (excludes halogenated alkanes) is 10. The van der Waals surface area contributed by atoms with E-state index in [9.17, 15) is 0 Å². The third-order valence-corrected chi connectivity index (χ3v) is 4.40. The molecule has 0 rings (SSSR count). The highest BCUT2D eigenvalue weighted by atomic mass is 15.1. The SMILES string of the molecule is CCCCCCCCCCCC/C=C/CCN(CC)CC. The Morgan fingerprint density at radius 2 is 1.05 bits per heavy atom. The van der Waals surface area contributed by atoms with E-state index >= 15 is 0 Å². The Labute approximate surface area is 135 Å². The number of hydrogen-bond donors (Lipinski definition) is 0. The van der Waals surface area contributed by atoms with Gasteiger partial charge in [0.15, 0.2) is 0 Å². The van der Waals surface area contributed by atoms with Crippen LogP contribution in [-0.2, 0) is 0 Å². The highest BCUT2D eigenvalue weighted by Gasteiger charge is 1.95. The van der Waals surface area contributed by atoms with Gasteiger partial charge >= 0.3 is 0 Å². The van der Waals surface area contributed by atoms with E-state index < -0.39 is 0 Å². The molecule has 21 heavy (non-hydrogen) atoms. The fourth-order valence-electron chi connectivity index (χ4n) is 2.78. The van der Waals surface area contributed by atoms with Gasteiger partial charge in [0.05, 0.1) is 0 Å². The van der Waals surface area contributed by atoms with Crippen molar-refractivity contribution < 1.29 is 0 Å². The van der Waals surface area contributed by atoms with E-state index in [2.05, 4.69) is 37.8 Å². The van der Waals surface area contributed by atoms with E-state index in [1.165, 1.54) is 96.7 Å². The van der Waals surface area contributed by atoms with E-state index in [-0.39, 0.29) is 0 Å². The number of allylic oxidation sites excluding steroid dienone is 1. The van der Waals surface area contributed by atoms with Crippen molar-refractivity contribution in [2.24, 2.45) is 0 Å². The van der Waals surface area contributed by atoms with E-state index in [1.54, 1.807) is 0 Å². The third kappa shape index (κ3) is 15.9. The van der Waals surface area contributed by atoms with Crippen LogP contribution in [0, 0.1) is 0 Å². The second-order valence-corrected chi connectivity index (χ2v) is 6.26. The first-order valence-electron chi connectivity index (χ1n) is 9.72. The average molecular weight is 296 g/mol. The molecule has 0 bridgehead atoms. The van der Waals surface area contributed by atoms with Crippen molar-refractivity contribution in [3.63, 3.8) is 0 Å². The van der Waals surface area contributed by atoms with Crippen LogP contribution < -0.4 is 0 Å². The molecule has 0 aromatic rings. The number of hydrogen-bond acceptors (Lipinski definition) is 1. The molecule has 0 fully saturated rings. The predicted octanol–water partition coefficient (Wildman–Crippen LogP) is 6.59. The van der Waals surface area contributed by atoms with Crippen LogP contribution in [-0.4, -0.2) is 24.5 Å². The van der Waals surface area contributed by atoms with Gasteiger partial charge in [0, 0.05) is 6.54 Å². The lowest BCUT2D eigenvalue weighted by Crippen LogP contribution is -2.23. The molecule has 0 heterocycles. The fourth-order valence-corrected chi connectivity index (χ4v) is 2.78. The van der Waals surface area contributed by atoms with Crippen LogP contribution in [0.3, 0.4) is 0 Å². The smallest absolute Gasteiger partial charge is 0.00157 e. The maximum absolute atomic E-state index is 2.49. The first-order valence-corrected chi connectivity index (χ1v) is 9.72. The summed E-state index contributed by atoms with van der Waals surface area (Å²) >= 11 is 0. The zero-order valence-electron chi connectivity index (χ0n) is 15.2. The summed E-state index contributed by atoms with van der Waals surface area (Å²) in [5.41, 5.74) is 0. The summed E-state index contributed by atoms with van der Waals surface area (Å²) in [5.74, 6) is 0. The van der Waals surface area contributed by atoms with Crippen LogP contribution in [0.4, 0.5) is 0 Å². The Kier molecular flexibility index (Phi) is 17.5. The van der Waals surface area contributed by atoms with Crippen LogP contribution in [0.15, 0.2) is 12.2 Å². The Morgan fingerprint density at radius 3 is 1.57 bits per heavy atom. The Morgan fingerprint density at radius 1 is 0.571 bits per heavy atom. The minimum absolute atomic E-state index is 1.18. The van der Waals surface area contributed by atoms with Crippen molar-refractivity contribution in [2.75, 3.05) is 19.6 Å². The molecule has 0 atom stereocenters. The molecule has 0 amide bonds. The highest BCUT2D eigenvalue weighted by molar-refractivity contribution is 4.82. The molecule has 0 aliphatic carbocycles. The molecule has 0 N–H and O–H groups in total. The maximum Gasteiger partial charge on any atom is 0.00157 e. The van der Waals surface area contributed by atoms with Crippen molar-refractivity contribution in [1.82, 2.24) is 4.90 Å². The largest absolute Gasteiger partial charge is 0.304 e. The molecule has 0 spiro atoms. The van der Waals surface area contributed by atoms with Gasteiger partial charge in [-0.1, -0.05) is 90.7 Å². The molecule has 0 saturated carbocycles. The minimum atomic E-state index is 1.18. The van der Waals surface area contributed by atoms with Gasteiger partial charge in [0.1, 0.15) is 0 Å². The maximum atomic E-state index is 2.49. The van der Waals surface area contributed by atoms with E-state index in [1.807, 2.05) is 0 Å². The quantitative estimate of drug-likeness (QED) is 0.229. The zero-order chi connectivity index (χ0) is 15.6. The standard InChI is InChI=1S/C20H41N/c1-4-7-8-9-10-11-12-13-14-15-16-17-18-19-20-21(5-2)6-3/h17-18H,4-16,19-20H2,1-3H3/b18-17+. The van der Waals surface area contributed by atoms with Gasteiger partial charge in [-0.05, 0) is 32.4 Å². The molecule has 1 heteroatoms. The first-order chi connectivity index (χ1) is 10.3. The second-order valence-electron chi connectivity index (χ2n) is 6.26. The van der Waals surface area contributed by atoms with Crippen LogP contribution in [0.2, 0.25) is 0 Å². The van der Waals surface area contributed by atoms with Crippen LogP contribution in [0.25, 0.3) is 0 Å². The molecule has 1 nitrogen and oxygen atoms in total. The molecule has 0 aromatic carbocycles. The molecule has 0 aromatic heterocycles. The molecular weight excluding hydrogens is 254 g/mol. The lowest BCUT2D eigenvalue weighted by atomic mass is 10.1.